The Labute approximate surface area is 230 Å². The molecule has 9 N–H and O–H groups in total. The summed E-state index contributed by atoms with van der Waals surface area (Å²) in [5.74, 6) is -3.16. The van der Waals surface area contributed by atoms with E-state index < -0.39 is 50.3 Å². The van der Waals surface area contributed by atoms with Crippen molar-refractivity contribution in [1.82, 2.24) is 9.80 Å². The van der Waals surface area contributed by atoms with Crippen molar-refractivity contribution >= 4 is 55.1 Å². The molecule has 16 nitrogen and oxygen atoms in total. The van der Waals surface area contributed by atoms with Crippen LogP contribution in [0.2, 0.25) is 0 Å². The molecular formula is C22H29N7O9S2. The van der Waals surface area contributed by atoms with E-state index in [2.05, 4.69) is 10.6 Å². The topological polar surface area (TPSA) is 265 Å². The molecule has 2 aromatic rings. The van der Waals surface area contributed by atoms with Crippen LogP contribution >= 0.6 is 0 Å². The van der Waals surface area contributed by atoms with E-state index in [4.69, 9.17) is 16.0 Å². The normalized spacial score (nSPS) is 11.8. The number of primary sulfonamides is 2. The van der Waals surface area contributed by atoms with Gasteiger partial charge < -0.3 is 21.5 Å². The number of amides is 3. The third-order valence-corrected chi connectivity index (χ3v) is 7.00. The second-order valence-corrected chi connectivity index (χ2v) is 11.6. The quantitative estimate of drug-likeness (QED) is 0.127. The molecule has 0 spiro atoms. The Kier molecular flexibility index (Phi) is 11.2. The number of hydrogen-bond acceptors (Lipinski definition) is 10. The Morgan fingerprint density at radius 1 is 0.650 bits per heavy atom. The number of rotatable bonds is 15. The minimum Gasteiger partial charge on any atom is -0.480 e. The van der Waals surface area contributed by atoms with E-state index in [0.29, 0.717) is 0 Å². The lowest BCUT2D eigenvalue weighted by Crippen LogP contribution is -2.45. The summed E-state index contributed by atoms with van der Waals surface area (Å²) in [6.45, 7) is -1.66. The minimum absolute atomic E-state index is 0.0235. The number of aliphatic carboxylic acids is 1. The molecule has 40 heavy (non-hydrogen) atoms. The van der Waals surface area contributed by atoms with Crippen molar-refractivity contribution in [3.8, 4) is 0 Å². The molecule has 0 saturated carbocycles. The van der Waals surface area contributed by atoms with Gasteiger partial charge in [0.15, 0.2) is 0 Å². The first kappa shape index (κ1) is 32.3. The molecule has 0 aliphatic carbocycles. The molecule has 0 aliphatic rings. The highest BCUT2D eigenvalue weighted by molar-refractivity contribution is 7.89. The smallest absolute Gasteiger partial charge is 0.317 e. The van der Waals surface area contributed by atoms with E-state index in [-0.39, 0.29) is 53.9 Å². The first-order valence-corrected chi connectivity index (χ1v) is 14.4. The summed E-state index contributed by atoms with van der Waals surface area (Å²) in [7, 11) is -7.83. The van der Waals surface area contributed by atoms with Crippen LogP contribution in [0.15, 0.2) is 58.3 Å². The third kappa shape index (κ3) is 11.4. The highest BCUT2D eigenvalue weighted by Crippen LogP contribution is 2.14. The molecular weight excluding hydrogens is 570 g/mol. The first-order chi connectivity index (χ1) is 18.5. The lowest BCUT2D eigenvalue weighted by molar-refractivity contribution is -0.138. The second kappa shape index (κ2) is 13.9. The zero-order chi connectivity index (χ0) is 30.1. The number of carbonyl (C=O) groups is 4. The van der Waals surface area contributed by atoms with Gasteiger partial charge in [0.05, 0.1) is 36.0 Å². The van der Waals surface area contributed by atoms with Crippen LogP contribution in [-0.2, 0) is 39.2 Å². The monoisotopic (exact) mass is 599 g/mol. The van der Waals surface area contributed by atoms with Gasteiger partial charge in [0.2, 0.25) is 37.8 Å². The van der Waals surface area contributed by atoms with Crippen LogP contribution in [0.1, 0.15) is 0 Å². The van der Waals surface area contributed by atoms with Crippen molar-refractivity contribution in [1.29, 1.82) is 0 Å². The van der Waals surface area contributed by atoms with Crippen molar-refractivity contribution < 1.29 is 41.1 Å². The number of nitrogens with zero attached hydrogens (tertiary/aromatic N) is 2. The highest BCUT2D eigenvalue weighted by atomic mass is 32.2. The van der Waals surface area contributed by atoms with Crippen LogP contribution in [0, 0.1) is 0 Å². The Morgan fingerprint density at radius 3 is 1.30 bits per heavy atom. The van der Waals surface area contributed by atoms with Gasteiger partial charge in [-0.05, 0) is 48.5 Å². The Hall–Kier alpha value is -3.94. The van der Waals surface area contributed by atoms with Crippen molar-refractivity contribution in [3.63, 3.8) is 0 Å². The molecule has 0 fully saturated rings. The number of benzene rings is 2. The fourth-order valence-electron chi connectivity index (χ4n) is 3.39. The van der Waals surface area contributed by atoms with Crippen molar-refractivity contribution in [3.05, 3.63) is 48.5 Å². The van der Waals surface area contributed by atoms with Gasteiger partial charge in [-0.15, -0.1) is 0 Å². The van der Waals surface area contributed by atoms with Crippen LogP contribution in [0.5, 0.6) is 0 Å². The lowest BCUT2D eigenvalue weighted by Gasteiger charge is -2.25. The molecule has 0 bridgehead atoms. The number of carboxylic acid groups (broad SMARTS) is 1. The minimum atomic E-state index is -3.92. The van der Waals surface area contributed by atoms with Crippen LogP contribution in [0.4, 0.5) is 11.4 Å². The third-order valence-electron chi connectivity index (χ3n) is 5.14. The van der Waals surface area contributed by atoms with Crippen molar-refractivity contribution in [2.45, 2.75) is 9.79 Å². The SMILES string of the molecule is NC(=O)CN(CCN(CC(=O)O)CC(=O)Nc1ccc(S(N)(=O)=O)cc1)CC(=O)Nc1ccc(S(N)(=O)=O)cc1. The molecule has 218 valence electrons. The van der Waals surface area contributed by atoms with E-state index >= 15 is 0 Å². The predicted molar refractivity (Wildman–Crippen MR) is 143 cm³/mol. The lowest BCUT2D eigenvalue weighted by atomic mass is 10.3. The maximum atomic E-state index is 12.5. The Bertz CT molecular complexity index is 1330. The number of sulfonamides is 2. The van der Waals surface area contributed by atoms with Crippen LogP contribution in [0.3, 0.4) is 0 Å². The number of anilines is 2. The molecule has 0 aliphatic heterocycles. The molecule has 2 aromatic carbocycles. The number of primary amides is 1. The number of carbonyl (C=O) groups excluding carboxylic acids is 3. The van der Waals surface area contributed by atoms with Gasteiger partial charge >= 0.3 is 5.97 Å². The van der Waals surface area contributed by atoms with Crippen LogP contribution < -0.4 is 26.6 Å². The van der Waals surface area contributed by atoms with Gasteiger partial charge in [0.25, 0.3) is 0 Å². The average molecular weight is 600 g/mol. The van der Waals surface area contributed by atoms with Gasteiger partial charge in [-0.2, -0.15) is 0 Å². The summed E-state index contributed by atoms with van der Waals surface area (Å²) in [4.78, 5) is 50.2. The number of hydrogen-bond donors (Lipinski definition) is 6. The fraction of sp³-hybridized carbons (Fsp3) is 0.273. The maximum absolute atomic E-state index is 12.5. The van der Waals surface area contributed by atoms with E-state index in [1.54, 1.807) is 0 Å². The van der Waals surface area contributed by atoms with E-state index in [1.165, 1.54) is 58.3 Å². The molecule has 18 heteroatoms. The van der Waals surface area contributed by atoms with Crippen LogP contribution in [0.25, 0.3) is 0 Å². The standard InChI is InChI=1S/C22H29N7O9S2/c23-19(30)11-28(12-20(31)26-15-1-5-17(6-2-15)39(24,35)36)9-10-29(14-22(33)34)13-21(32)27-16-3-7-18(8-4-16)40(25,37)38/h1-8H,9-14H2,(H2,23,30)(H,26,31)(H,27,32)(H,33,34)(H2,24,35,36)(H2,25,37,38). The Morgan fingerprint density at radius 2 is 1.00 bits per heavy atom. The van der Waals surface area contributed by atoms with Gasteiger partial charge in [0, 0.05) is 24.5 Å². The van der Waals surface area contributed by atoms with Gasteiger partial charge in [-0.1, -0.05) is 0 Å². The first-order valence-electron chi connectivity index (χ1n) is 11.3. The zero-order valence-corrected chi connectivity index (χ0v) is 22.7. The summed E-state index contributed by atoms with van der Waals surface area (Å²) in [6.07, 6.45) is 0. The Balaban J connectivity index is 2.00. The van der Waals surface area contributed by atoms with Crippen LogP contribution in [-0.4, -0.2) is 94.7 Å². The molecule has 0 radical (unpaired) electrons. The number of nitrogens with one attached hydrogen (secondary N) is 2. The highest BCUT2D eigenvalue weighted by Gasteiger charge is 2.19. The number of carboxylic acids is 1. The van der Waals surface area contributed by atoms with Gasteiger partial charge in [0.1, 0.15) is 0 Å². The zero-order valence-electron chi connectivity index (χ0n) is 21.0. The number of nitrogens with two attached hydrogens (primary N) is 3. The van der Waals surface area contributed by atoms with E-state index in [0.717, 1.165) is 0 Å². The van der Waals surface area contributed by atoms with Gasteiger partial charge in [-0.25, -0.2) is 27.1 Å². The van der Waals surface area contributed by atoms with E-state index in [1.807, 2.05) is 0 Å². The summed E-state index contributed by atoms with van der Waals surface area (Å²) >= 11 is 0. The summed E-state index contributed by atoms with van der Waals surface area (Å²) < 4.78 is 45.4. The predicted octanol–water partition coefficient (Wildman–Crippen LogP) is -2.27. The summed E-state index contributed by atoms with van der Waals surface area (Å²) in [5.41, 5.74) is 5.78. The van der Waals surface area contributed by atoms with Crippen molar-refractivity contribution in [2.75, 3.05) is 49.9 Å². The summed E-state index contributed by atoms with van der Waals surface area (Å²) in [6, 6.07) is 10.1. The molecule has 0 atom stereocenters. The van der Waals surface area contributed by atoms with Gasteiger partial charge in [-0.3, -0.25) is 29.0 Å². The molecule has 2 rings (SSSR count). The fourth-order valence-corrected chi connectivity index (χ4v) is 4.42. The van der Waals surface area contributed by atoms with Crippen molar-refractivity contribution in [2.24, 2.45) is 16.0 Å². The molecule has 0 unspecified atom stereocenters. The maximum Gasteiger partial charge on any atom is 0.317 e. The molecule has 0 saturated heterocycles. The average Bonchev–Trinajstić information content (AvgIpc) is 2.81. The molecule has 0 heterocycles. The largest absolute Gasteiger partial charge is 0.480 e. The summed E-state index contributed by atoms with van der Waals surface area (Å²) in [5, 5.41) is 24.4. The molecule has 3 amide bonds. The second-order valence-electron chi connectivity index (χ2n) is 8.52. The van der Waals surface area contributed by atoms with E-state index in [9.17, 15) is 41.1 Å². The molecule has 0 aromatic heterocycles.